The summed E-state index contributed by atoms with van der Waals surface area (Å²) in [6, 6.07) is 14.0. The van der Waals surface area contributed by atoms with Crippen LogP contribution in [0.1, 0.15) is 36.0 Å². The monoisotopic (exact) mass is 610 g/mol. The first-order chi connectivity index (χ1) is 21.5. The summed E-state index contributed by atoms with van der Waals surface area (Å²) < 4.78 is 44.9. The number of esters is 3. The van der Waals surface area contributed by atoms with Gasteiger partial charge in [-0.25, -0.2) is 14.4 Å². The third-order valence-electron chi connectivity index (χ3n) is 6.86. The molecule has 236 valence electrons. The third-order valence-corrected chi connectivity index (χ3v) is 6.86. The summed E-state index contributed by atoms with van der Waals surface area (Å²) in [6.07, 6.45) is 3.40. The van der Waals surface area contributed by atoms with Gasteiger partial charge in [0.25, 0.3) is 0 Å². The molecule has 0 aliphatic carbocycles. The van der Waals surface area contributed by atoms with Crippen LogP contribution in [0, 0.1) is 0 Å². The SMILES string of the molecule is C=CC(=O)OCCCCOc1ccc(O[C@@H]2COC3C(OC(=O)c4ccc(OCCCCOC(=O)C=C)cc4)COC32)cc1. The largest absolute Gasteiger partial charge is 0.494 e. The van der Waals surface area contributed by atoms with Crippen LogP contribution in [-0.2, 0) is 33.3 Å². The maximum Gasteiger partial charge on any atom is 0.338 e. The standard InChI is InChI=1S/C33H38O11/c1-3-29(34)39-19-7-5-17-37-24-11-9-23(10-12-24)33(36)44-28-22-42-31-27(21-41-32(28)31)43-26-15-13-25(14-16-26)38-18-6-8-20-40-30(35)4-2/h3-4,9-16,27-28,31-32H,1-2,5-8,17-22H2/t27-,28?,31?,32?/m1/s1. The van der Waals surface area contributed by atoms with Crippen molar-refractivity contribution in [3.05, 3.63) is 79.4 Å². The molecular weight excluding hydrogens is 572 g/mol. The van der Waals surface area contributed by atoms with E-state index >= 15 is 0 Å². The average Bonchev–Trinajstić information content (AvgIpc) is 3.64. The Bertz CT molecular complexity index is 1240. The van der Waals surface area contributed by atoms with Crippen molar-refractivity contribution in [3.8, 4) is 17.2 Å². The van der Waals surface area contributed by atoms with Gasteiger partial charge in [0, 0.05) is 12.2 Å². The molecule has 0 aromatic heterocycles. The Labute approximate surface area is 256 Å². The number of hydrogen-bond donors (Lipinski definition) is 0. The summed E-state index contributed by atoms with van der Waals surface area (Å²) in [4.78, 5) is 34.9. The maximum atomic E-state index is 12.8. The predicted molar refractivity (Wildman–Crippen MR) is 158 cm³/mol. The van der Waals surface area contributed by atoms with E-state index in [0.29, 0.717) is 75.1 Å². The van der Waals surface area contributed by atoms with Crippen molar-refractivity contribution in [2.45, 2.75) is 50.1 Å². The second-order valence-electron chi connectivity index (χ2n) is 10.0. The third kappa shape index (κ3) is 9.85. The topological polar surface area (TPSA) is 125 Å². The lowest BCUT2D eigenvalue weighted by molar-refractivity contribution is -0.138. The van der Waals surface area contributed by atoms with E-state index in [2.05, 4.69) is 13.2 Å². The van der Waals surface area contributed by atoms with E-state index in [4.69, 9.17) is 37.9 Å². The van der Waals surface area contributed by atoms with Crippen molar-refractivity contribution in [2.75, 3.05) is 39.6 Å². The van der Waals surface area contributed by atoms with Crippen molar-refractivity contribution in [1.82, 2.24) is 0 Å². The summed E-state index contributed by atoms with van der Waals surface area (Å²) >= 11 is 0. The van der Waals surface area contributed by atoms with E-state index in [0.717, 1.165) is 18.6 Å². The molecule has 2 aliphatic heterocycles. The number of benzene rings is 2. The second-order valence-corrected chi connectivity index (χ2v) is 10.0. The Morgan fingerprint density at radius 1 is 0.659 bits per heavy atom. The van der Waals surface area contributed by atoms with Crippen LogP contribution in [0.3, 0.4) is 0 Å². The van der Waals surface area contributed by atoms with E-state index in [1.54, 1.807) is 24.3 Å². The molecule has 44 heavy (non-hydrogen) atoms. The minimum Gasteiger partial charge on any atom is -0.494 e. The minimum atomic E-state index is -0.553. The number of carbonyl (C=O) groups excluding carboxylic acids is 3. The van der Waals surface area contributed by atoms with Gasteiger partial charge in [-0.05, 0) is 74.2 Å². The first-order valence-electron chi connectivity index (χ1n) is 14.6. The Balaban J connectivity index is 1.14. The lowest BCUT2D eigenvalue weighted by Gasteiger charge is -2.18. The van der Waals surface area contributed by atoms with Gasteiger partial charge in [0.2, 0.25) is 0 Å². The van der Waals surface area contributed by atoms with Crippen molar-refractivity contribution < 1.29 is 52.3 Å². The smallest absolute Gasteiger partial charge is 0.338 e. The fourth-order valence-corrected chi connectivity index (χ4v) is 4.56. The molecule has 0 saturated carbocycles. The molecule has 2 aliphatic rings. The van der Waals surface area contributed by atoms with Crippen LogP contribution in [0.25, 0.3) is 0 Å². The lowest BCUT2D eigenvalue weighted by Crippen LogP contribution is -2.36. The summed E-state index contributed by atoms with van der Waals surface area (Å²) in [5.41, 5.74) is 0.390. The van der Waals surface area contributed by atoms with Crippen LogP contribution in [0.15, 0.2) is 73.8 Å². The molecule has 2 heterocycles. The van der Waals surface area contributed by atoms with Crippen LogP contribution in [0.2, 0.25) is 0 Å². The quantitative estimate of drug-likeness (QED) is 0.104. The molecule has 3 unspecified atom stereocenters. The van der Waals surface area contributed by atoms with E-state index in [1.165, 1.54) is 0 Å². The number of fused-ring (bicyclic) bond motifs is 1. The Hall–Kier alpha value is -4.35. The molecule has 2 fully saturated rings. The summed E-state index contributed by atoms with van der Waals surface area (Å²) in [6.45, 7) is 8.82. The Kier molecular flexibility index (Phi) is 12.6. The zero-order chi connectivity index (χ0) is 31.1. The first kappa shape index (κ1) is 32.6. The van der Waals surface area contributed by atoms with Gasteiger partial charge in [-0.2, -0.15) is 0 Å². The van der Waals surface area contributed by atoms with E-state index in [1.807, 2.05) is 24.3 Å². The van der Waals surface area contributed by atoms with Gasteiger partial charge in [-0.15, -0.1) is 0 Å². The molecule has 11 heteroatoms. The zero-order valence-corrected chi connectivity index (χ0v) is 24.6. The van der Waals surface area contributed by atoms with E-state index < -0.39 is 30.1 Å². The zero-order valence-electron chi connectivity index (χ0n) is 24.6. The highest BCUT2D eigenvalue weighted by Crippen LogP contribution is 2.32. The fraction of sp³-hybridized carbons (Fsp3) is 0.424. The Morgan fingerprint density at radius 2 is 1.11 bits per heavy atom. The number of ether oxygens (including phenoxy) is 8. The van der Waals surface area contributed by atoms with Crippen LogP contribution in [-0.4, -0.2) is 82.0 Å². The Morgan fingerprint density at radius 3 is 1.66 bits per heavy atom. The number of hydrogen-bond acceptors (Lipinski definition) is 11. The normalized spacial score (nSPS) is 20.2. The number of carbonyl (C=O) groups is 3. The van der Waals surface area contributed by atoms with E-state index in [9.17, 15) is 14.4 Å². The number of unbranched alkanes of at least 4 members (excludes halogenated alkanes) is 2. The van der Waals surface area contributed by atoms with Crippen LogP contribution >= 0.6 is 0 Å². The summed E-state index contributed by atoms with van der Waals surface area (Å²) in [5, 5.41) is 0. The van der Waals surface area contributed by atoms with Crippen molar-refractivity contribution in [1.29, 1.82) is 0 Å². The summed E-state index contributed by atoms with van der Waals surface area (Å²) in [7, 11) is 0. The van der Waals surface area contributed by atoms with Gasteiger partial charge >= 0.3 is 17.9 Å². The molecule has 0 bridgehead atoms. The van der Waals surface area contributed by atoms with Crippen molar-refractivity contribution in [2.24, 2.45) is 0 Å². The molecule has 0 spiro atoms. The molecule has 11 nitrogen and oxygen atoms in total. The van der Waals surface area contributed by atoms with Crippen LogP contribution in [0.4, 0.5) is 0 Å². The molecule has 0 N–H and O–H groups in total. The highest BCUT2D eigenvalue weighted by atomic mass is 16.7. The molecule has 2 aromatic rings. The van der Waals surface area contributed by atoms with Crippen molar-refractivity contribution >= 4 is 17.9 Å². The highest BCUT2D eigenvalue weighted by Gasteiger charge is 2.50. The van der Waals surface area contributed by atoms with Gasteiger partial charge < -0.3 is 37.9 Å². The molecule has 0 radical (unpaired) electrons. The van der Waals surface area contributed by atoms with Gasteiger partial charge in [0.15, 0.2) is 12.2 Å². The lowest BCUT2D eigenvalue weighted by atomic mass is 10.1. The predicted octanol–water partition coefficient (Wildman–Crippen LogP) is 4.23. The molecule has 2 aromatic carbocycles. The molecule has 2 saturated heterocycles. The van der Waals surface area contributed by atoms with Gasteiger partial charge in [-0.3, -0.25) is 0 Å². The van der Waals surface area contributed by atoms with Crippen molar-refractivity contribution in [3.63, 3.8) is 0 Å². The molecule has 0 amide bonds. The molecular formula is C33H38O11. The van der Waals surface area contributed by atoms with E-state index in [-0.39, 0.29) is 18.8 Å². The van der Waals surface area contributed by atoms with Gasteiger partial charge in [0.1, 0.15) is 29.5 Å². The molecule has 4 rings (SSSR count). The fourth-order valence-electron chi connectivity index (χ4n) is 4.56. The van der Waals surface area contributed by atoms with Crippen LogP contribution < -0.4 is 14.2 Å². The van der Waals surface area contributed by atoms with Gasteiger partial charge in [0.05, 0.1) is 45.2 Å². The van der Waals surface area contributed by atoms with Gasteiger partial charge in [-0.1, -0.05) is 13.2 Å². The second kappa shape index (κ2) is 17.1. The number of rotatable bonds is 18. The minimum absolute atomic E-state index is 0.212. The molecule has 4 atom stereocenters. The average molecular weight is 611 g/mol. The first-order valence-corrected chi connectivity index (χ1v) is 14.6. The highest BCUT2D eigenvalue weighted by molar-refractivity contribution is 5.89. The van der Waals surface area contributed by atoms with Crippen LogP contribution in [0.5, 0.6) is 17.2 Å². The maximum absolute atomic E-state index is 12.8. The summed E-state index contributed by atoms with van der Waals surface area (Å²) in [5.74, 6) is 0.626.